The highest BCUT2D eigenvalue weighted by molar-refractivity contribution is 7.10. The van der Waals surface area contributed by atoms with E-state index >= 15 is 0 Å². The summed E-state index contributed by atoms with van der Waals surface area (Å²) in [5.74, 6) is 0.443. The van der Waals surface area contributed by atoms with Gasteiger partial charge < -0.3 is 14.2 Å². The Labute approximate surface area is 137 Å². The summed E-state index contributed by atoms with van der Waals surface area (Å²) in [5, 5.41) is 5.84. The molecule has 0 radical (unpaired) electrons. The Morgan fingerprint density at radius 3 is 3.00 bits per heavy atom. The second-order valence-corrected chi connectivity index (χ2v) is 6.86. The predicted octanol–water partition coefficient (Wildman–Crippen LogP) is 2.53. The van der Waals surface area contributed by atoms with Crippen LogP contribution in [0.2, 0.25) is 0 Å². The smallest absolute Gasteiger partial charge is 0.333 e. The van der Waals surface area contributed by atoms with Crippen molar-refractivity contribution in [1.82, 2.24) is 10.1 Å². The molecule has 1 atom stereocenters. The summed E-state index contributed by atoms with van der Waals surface area (Å²) < 4.78 is 10.2. The van der Waals surface area contributed by atoms with Crippen LogP contribution in [-0.4, -0.2) is 35.6 Å². The molecule has 3 heterocycles. The first-order chi connectivity index (χ1) is 11.2. The zero-order valence-corrected chi connectivity index (χ0v) is 13.5. The first kappa shape index (κ1) is 14.4. The Bertz CT molecular complexity index is 762. The summed E-state index contributed by atoms with van der Waals surface area (Å²) in [6, 6.07) is 2.89. The fourth-order valence-electron chi connectivity index (χ4n) is 3.00. The second kappa shape index (κ2) is 5.49. The molecule has 6 nitrogen and oxygen atoms in total. The number of thiophene rings is 1. The van der Waals surface area contributed by atoms with E-state index in [1.807, 2.05) is 11.4 Å². The van der Waals surface area contributed by atoms with Gasteiger partial charge >= 0.3 is 5.97 Å². The van der Waals surface area contributed by atoms with Crippen LogP contribution in [0.5, 0.6) is 0 Å². The van der Waals surface area contributed by atoms with E-state index in [2.05, 4.69) is 5.16 Å². The molecular formula is C16H16N2O4S. The lowest BCUT2D eigenvalue weighted by Gasteiger charge is -2.33. The molecule has 1 fully saturated rings. The minimum atomic E-state index is -0.705. The molecule has 1 saturated carbocycles. The number of carbonyl (C=O) groups excluding carboxylic acids is 2. The zero-order valence-electron chi connectivity index (χ0n) is 12.7. The van der Waals surface area contributed by atoms with Gasteiger partial charge in [-0.15, -0.1) is 11.3 Å². The number of aromatic nitrogens is 1. The SMILES string of the molecule is COC(=O)C1c2ccsc2CCN1C(=O)c1cc(C2CC2)on1. The average Bonchev–Trinajstić information content (AvgIpc) is 3.12. The van der Waals surface area contributed by atoms with Gasteiger partial charge in [0.05, 0.1) is 7.11 Å². The maximum Gasteiger partial charge on any atom is 0.333 e. The first-order valence-corrected chi connectivity index (χ1v) is 8.48. The predicted molar refractivity (Wildman–Crippen MR) is 82.3 cm³/mol. The fraction of sp³-hybridized carbons (Fsp3) is 0.438. The third kappa shape index (κ3) is 2.45. The lowest BCUT2D eigenvalue weighted by molar-refractivity contribution is -0.146. The minimum absolute atomic E-state index is 0.263. The van der Waals surface area contributed by atoms with Crippen LogP contribution in [0.15, 0.2) is 22.0 Å². The molecule has 23 heavy (non-hydrogen) atoms. The molecule has 2 aromatic rings. The van der Waals surface area contributed by atoms with Gasteiger partial charge in [-0.25, -0.2) is 4.79 Å². The lowest BCUT2D eigenvalue weighted by atomic mass is 9.99. The molecule has 1 aliphatic carbocycles. The highest BCUT2D eigenvalue weighted by atomic mass is 32.1. The zero-order chi connectivity index (χ0) is 16.0. The fourth-order valence-corrected chi connectivity index (χ4v) is 3.90. The van der Waals surface area contributed by atoms with Crippen molar-refractivity contribution in [1.29, 1.82) is 0 Å². The molecule has 0 saturated heterocycles. The first-order valence-electron chi connectivity index (χ1n) is 7.60. The van der Waals surface area contributed by atoms with E-state index in [1.165, 1.54) is 12.0 Å². The van der Waals surface area contributed by atoms with Gasteiger partial charge in [0.1, 0.15) is 5.76 Å². The molecule has 4 rings (SSSR count). The van der Waals surface area contributed by atoms with Crippen molar-refractivity contribution in [3.05, 3.63) is 39.4 Å². The number of amides is 1. The number of nitrogens with zero attached hydrogens (tertiary/aromatic N) is 2. The van der Waals surface area contributed by atoms with Crippen molar-refractivity contribution in [2.75, 3.05) is 13.7 Å². The monoisotopic (exact) mass is 332 g/mol. The van der Waals surface area contributed by atoms with E-state index in [4.69, 9.17) is 9.26 Å². The van der Waals surface area contributed by atoms with Crippen LogP contribution in [-0.2, 0) is 16.0 Å². The largest absolute Gasteiger partial charge is 0.467 e. The lowest BCUT2D eigenvalue weighted by Crippen LogP contribution is -2.43. The maximum absolute atomic E-state index is 12.8. The van der Waals surface area contributed by atoms with Crippen LogP contribution in [0.3, 0.4) is 0 Å². The van der Waals surface area contributed by atoms with Gasteiger partial charge in [-0.1, -0.05) is 5.16 Å². The molecule has 2 aromatic heterocycles. The van der Waals surface area contributed by atoms with Crippen LogP contribution < -0.4 is 0 Å². The molecule has 0 bridgehead atoms. The van der Waals surface area contributed by atoms with E-state index in [1.54, 1.807) is 17.4 Å². The van der Waals surface area contributed by atoms with E-state index in [9.17, 15) is 9.59 Å². The standard InChI is InChI=1S/C16H16N2O4S/c1-21-16(20)14-10-5-7-23-13(10)4-6-18(14)15(19)11-8-12(22-17-11)9-2-3-9/h5,7-9,14H,2-4,6H2,1H3. The van der Waals surface area contributed by atoms with Gasteiger partial charge in [0, 0.05) is 23.4 Å². The third-order valence-electron chi connectivity index (χ3n) is 4.38. The maximum atomic E-state index is 12.8. The van der Waals surface area contributed by atoms with E-state index in [0.717, 1.165) is 35.5 Å². The molecule has 0 spiro atoms. The number of hydrogen-bond acceptors (Lipinski definition) is 6. The van der Waals surface area contributed by atoms with Gasteiger partial charge in [-0.3, -0.25) is 4.79 Å². The Hall–Kier alpha value is -2.15. The van der Waals surface area contributed by atoms with Crippen molar-refractivity contribution in [2.45, 2.75) is 31.2 Å². The summed E-state index contributed by atoms with van der Waals surface area (Å²) in [6.45, 7) is 0.470. The summed E-state index contributed by atoms with van der Waals surface area (Å²) in [4.78, 5) is 27.7. The van der Waals surface area contributed by atoms with Crippen LogP contribution >= 0.6 is 11.3 Å². The third-order valence-corrected chi connectivity index (χ3v) is 5.37. The average molecular weight is 332 g/mol. The van der Waals surface area contributed by atoms with Crippen LogP contribution in [0.4, 0.5) is 0 Å². The molecule has 0 aromatic carbocycles. The van der Waals surface area contributed by atoms with Crippen LogP contribution in [0.25, 0.3) is 0 Å². The number of rotatable bonds is 3. The van der Waals surface area contributed by atoms with Gasteiger partial charge in [0.2, 0.25) is 0 Å². The molecule has 7 heteroatoms. The molecule has 1 amide bonds. The normalized spacial score (nSPS) is 20.2. The van der Waals surface area contributed by atoms with Crippen molar-refractivity contribution in [3.63, 3.8) is 0 Å². The Kier molecular flexibility index (Phi) is 3.45. The van der Waals surface area contributed by atoms with Crippen molar-refractivity contribution < 1.29 is 18.8 Å². The molecule has 120 valence electrons. The van der Waals surface area contributed by atoms with Gasteiger partial charge in [0.25, 0.3) is 5.91 Å². The summed E-state index contributed by atoms with van der Waals surface area (Å²) in [7, 11) is 1.34. The summed E-state index contributed by atoms with van der Waals surface area (Å²) in [6.07, 6.45) is 2.89. The van der Waals surface area contributed by atoms with Crippen molar-refractivity contribution in [2.24, 2.45) is 0 Å². The summed E-state index contributed by atoms with van der Waals surface area (Å²) >= 11 is 1.60. The molecular weight excluding hydrogens is 316 g/mol. The second-order valence-electron chi connectivity index (χ2n) is 5.86. The van der Waals surface area contributed by atoms with Gasteiger partial charge in [-0.05, 0) is 36.3 Å². The number of esters is 1. The van der Waals surface area contributed by atoms with Gasteiger partial charge in [-0.2, -0.15) is 0 Å². The highest BCUT2D eigenvalue weighted by Crippen LogP contribution is 2.40. The summed E-state index contributed by atoms with van der Waals surface area (Å²) in [5.41, 5.74) is 1.12. The Morgan fingerprint density at radius 1 is 1.43 bits per heavy atom. The minimum Gasteiger partial charge on any atom is -0.467 e. The Morgan fingerprint density at radius 2 is 2.26 bits per heavy atom. The number of methoxy groups -OCH3 is 1. The van der Waals surface area contributed by atoms with E-state index in [0.29, 0.717) is 12.5 Å². The molecule has 1 unspecified atom stereocenters. The topological polar surface area (TPSA) is 72.6 Å². The van der Waals surface area contributed by atoms with Gasteiger partial charge in [0.15, 0.2) is 11.7 Å². The highest BCUT2D eigenvalue weighted by Gasteiger charge is 2.39. The number of hydrogen-bond donors (Lipinski definition) is 0. The number of ether oxygens (including phenoxy) is 1. The van der Waals surface area contributed by atoms with E-state index in [-0.39, 0.29) is 11.6 Å². The quantitative estimate of drug-likeness (QED) is 0.808. The van der Waals surface area contributed by atoms with Crippen LogP contribution in [0, 0.1) is 0 Å². The molecule has 2 aliphatic rings. The molecule has 0 N–H and O–H groups in total. The van der Waals surface area contributed by atoms with Crippen molar-refractivity contribution >= 4 is 23.2 Å². The number of carbonyl (C=O) groups is 2. The van der Waals surface area contributed by atoms with E-state index < -0.39 is 12.0 Å². The molecule has 1 aliphatic heterocycles. The van der Waals surface area contributed by atoms with Crippen LogP contribution in [0.1, 0.15) is 51.5 Å². The van der Waals surface area contributed by atoms with Crippen molar-refractivity contribution in [3.8, 4) is 0 Å². The number of fused-ring (bicyclic) bond motifs is 1. The Balaban J connectivity index is 1.65.